The molecule has 3 N–H and O–H groups in total. The van der Waals surface area contributed by atoms with Gasteiger partial charge in [-0.1, -0.05) is 35.9 Å². The summed E-state index contributed by atoms with van der Waals surface area (Å²) in [7, 11) is 0. The molecule has 1 amide bonds. The van der Waals surface area contributed by atoms with Crippen molar-refractivity contribution in [3.63, 3.8) is 0 Å². The standard InChI is InChI=1S/C15H17BrN2O2/c1-4-5-10-12(16)6-9(11(8-17)13(10)19)7-15(2,3)14(18)20/h4,6,19H,1,5,7H2,2-3H3,(H2,18,20). The molecule has 0 fully saturated rings. The Morgan fingerprint density at radius 3 is 2.70 bits per heavy atom. The van der Waals surface area contributed by atoms with Crippen LogP contribution in [0.15, 0.2) is 23.2 Å². The van der Waals surface area contributed by atoms with E-state index in [1.807, 2.05) is 6.07 Å². The lowest BCUT2D eigenvalue weighted by molar-refractivity contribution is -0.125. The highest BCUT2D eigenvalue weighted by molar-refractivity contribution is 9.10. The van der Waals surface area contributed by atoms with Gasteiger partial charge in [-0.3, -0.25) is 4.79 Å². The highest BCUT2D eigenvalue weighted by atomic mass is 79.9. The summed E-state index contributed by atoms with van der Waals surface area (Å²) in [4.78, 5) is 11.4. The normalized spacial score (nSPS) is 10.9. The van der Waals surface area contributed by atoms with Crippen LogP contribution in [-0.2, 0) is 17.6 Å². The van der Waals surface area contributed by atoms with E-state index < -0.39 is 11.3 Å². The Morgan fingerprint density at radius 2 is 2.25 bits per heavy atom. The maximum absolute atomic E-state index is 11.4. The van der Waals surface area contributed by atoms with E-state index >= 15 is 0 Å². The molecular formula is C15H17BrN2O2. The van der Waals surface area contributed by atoms with Crippen LogP contribution < -0.4 is 5.73 Å². The third kappa shape index (κ3) is 3.20. The Bertz CT molecular complexity index is 601. The number of aromatic hydroxyl groups is 1. The van der Waals surface area contributed by atoms with Gasteiger partial charge in [0.05, 0.1) is 5.56 Å². The predicted octanol–water partition coefficient (Wildman–Crippen LogP) is 2.81. The monoisotopic (exact) mass is 336 g/mol. The van der Waals surface area contributed by atoms with Gasteiger partial charge in [-0.15, -0.1) is 6.58 Å². The molecule has 106 valence electrons. The number of nitriles is 1. The second kappa shape index (κ2) is 6.10. The van der Waals surface area contributed by atoms with Crippen molar-refractivity contribution in [3.8, 4) is 11.8 Å². The van der Waals surface area contributed by atoms with Crippen molar-refractivity contribution in [2.45, 2.75) is 26.7 Å². The Hall–Kier alpha value is -1.80. The molecule has 0 saturated carbocycles. The van der Waals surface area contributed by atoms with Gasteiger partial charge < -0.3 is 10.8 Å². The largest absolute Gasteiger partial charge is 0.506 e. The van der Waals surface area contributed by atoms with Crippen molar-refractivity contribution in [3.05, 3.63) is 39.9 Å². The molecule has 0 unspecified atom stereocenters. The van der Waals surface area contributed by atoms with E-state index in [0.717, 1.165) is 0 Å². The lowest BCUT2D eigenvalue weighted by Gasteiger charge is -2.22. The lowest BCUT2D eigenvalue weighted by atomic mass is 9.83. The quantitative estimate of drug-likeness (QED) is 0.810. The number of halogens is 1. The lowest BCUT2D eigenvalue weighted by Crippen LogP contribution is -2.33. The molecule has 0 aromatic heterocycles. The van der Waals surface area contributed by atoms with Crippen molar-refractivity contribution < 1.29 is 9.90 Å². The molecule has 0 bridgehead atoms. The topological polar surface area (TPSA) is 87.1 Å². The summed E-state index contributed by atoms with van der Waals surface area (Å²) in [6, 6.07) is 3.75. The van der Waals surface area contributed by atoms with E-state index in [-0.39, 0.29) is 17.7 Å². The number of hydrogen-bond donors (Lipinski definition) is 2. The van der Waals surface area contributed by atoms with Gasteiger partial charge >= 0.3 is 0 Å². The van der Waals surface area contributed by atoms with Crippen LogP contribution in [0, 0.1) is 16.7 Å². The summed E-state index contributed by atoms with van der Waals surface area (Å²) >= 11 is 3.37. The molecule has 0 aliphatic carbocycles. The molecule has 1 aromatic carbocycles. The molecule has 20 heavy (non-hydrogen) atoms. The Morgan fingerprint density at radius 1 is 1.65 bits per heavy atom. The van der Waals surface area contributed by atoms with Gasteiger partial charge in [0.2, 0.25) is 5.91 Å². The molecule has 4 nitrogen and oxygen atoms in total. The van der Waals surface area contributed by atoms with E-state index in [4.69, 9.17) is 5.73 Å². The van der Waals surface area contributed by atoms with Crippen LogP contribution in [0.25, 0.3) is 0 Å². The van der Waals surface area contributed by atoms with Gasteiger partial charge in [0.25, 0.3) is 0 Å². The SMILES string of the molecule is C=CCc1c(Br)cc(CC(C)(C)C(N)=O)c(C#N)c1O. The molecule has 0 radical (unpaired) electrons. The van der Waals surface area contributed by atoms with Crippen LogP contribution >= 0.6 is 15.9 Å². The molecule has 5 heteroatoms. The van der Waals surface area contributed by atoms with E-state index in [1.165, 1.54) is 0 Å². The van der Waals surface area contributed by atoms with E-state index in [0.29, 0.717) is 22.0 Å². The van der Waals surface area contributed by atoms with Gasteiger partial charge in [-0.25, -0.2) is 0 Å². The van der Waals surface area contributed by atoms with Crippen molar-refractivity contribution in [1.82, 2.24) is 0 Å². The fourth-order valence-corrected chi connectivity index (χ4v) is 2.52. The summed E-state index contributed by atoms with van der Waals surface area (Å²) in [6.07, 6.45) is 2.38. The third-order valence-electron chi connectivity index (χ3n) is 3.19. The molecule has 1 rings (SSSR count). The van der Waals surface area contributed by atoms with Crippen LogP contribution in [0.1, 0.15) is 30.5 Å². The first kappa shape index (κ1) is 16.3. The van der Waals surface area contributed by atoms with E-state index in [2.05, 4.69) is 22.5 Å². The fraction of sp³-hybridized carbons (Fsp3) is 0.333. The summed E-state index contributed by atoms with van der Waals surface area (Å²) in [5.74, 6) is -0.524. The molecule has 1 aromatic rings. The predicted molar refractivity (Wildman–Crippen MR) is 81.1 cm³/mol. The first-order valence-corrected chi connectivity index (χ1v) is 6.88. The molecule has 0 aliphatic rings. The van der Waals surface area contributed by atoms with Crippen LogP contribution in [0.2, 0.25) is 0 Å². The van der Waals surface area contributed by atoms with Crippen molar-refractivity contribution in [1.29, 1.82) is 5.26 Å². The Labute approximate surface area is 127 Å². The summed E-state index contributed by atoms with van der Waals surface area (Å²) in [6.45, 7) is 7.04. The minimum absolute atomic E-state index is 0.0722. The Kier molecular flexibility index (Phi) is 4.96. The average Bonchev–Trinajstić information content (AvgIpc) is 2.34. The van der Waals surface area contributed by atoms with E-state index in [1.54, 1.807) is 26.0 Å². The third-order valence-corrected chi connectivity index (χ3v) is 3.90. The second-order valence-electron chi connectivity index (χ2n) is 5.25. The second-order valence-corrected chi connectivity index (χ2v) is 6.10. The van der Waals surface area contributed by atoms with Gasteiger partial charge in [0.15, 0.2) is 0 Å². The van der Waals surface area contributed by atoms with Crippen molar-refractivity contribution in [2.24, 2.45) is 11.1 Å². The number of allylic oxidation sites excluding steroid dienone is 1. The Balaban J connectivity index is 3.40. The van der Waals surface area contributed by atoms with Gasteiger partial charge in [-0.05, 0) is 24.5 Å². The molecule has 0 aliphatic heterocycles. The minimum Gasteiger partial charge on any atom is -0.506 e. The highest BCUT2D eigenvalue weighted by Gasteiger charge is 2.28. The van der Waals surface area contributed by atoms with Crippen molar-refractivity contribution >= 4 is 21.8 Å². The smallest absolute Gasteiger partial charge is 0.223 e. The van der Waals surface area contributed by atoms with Crippen LogP contribution in [0.4, 0.5) is 0 Å². The molecule has 0 spiro atoms. The van der Waals surface area contributed by atoms with Gasteiger partial charge in [0, 0.05) is 15.5 Å². The minimum atomic E-state index is -0.794. The van der Waals surface area contributed by atoms with Crippen LogP contribution in [0.3, 0.4) is 0 Å². The number of nitrogens with zero attached hydrogens (tertiary/aromatic N) is 1. The van der Waals surface area contributed by atoms with Gasteiger partial charge in [-0.2, -0.15) is 5.26 Å². The van der Waals surface area contributed by atoms with Gasteiger partial charge in [0.1, 0.15) is 11.8 Å². The zero-order valence-corrected chi connectivity index (χ0v) is 13.1. The maximum atomic E-state index is 11.4. The fourth-order valence-electron chi connectivity index (χ4n) is 1.89. The first-order valence-electron chi connectivity index (χ1n) is 6.08. The average molecular weight is 337 g/mol. The summed E-state index contributed by atoms with van der Waals surface area (Å²) in [5.41, 5.74) is 5.94. The molecule has 0 saturated heterocycles. The zero-order valence-electron chi connectivity index (χ0n) is 11.5. The van der Waals surface area contributed by atoms with Crippen LogP contribution in [0.5, 0.6) is 5.75 Å². The number of phenolic OH excluding ortho intramolecular Hbond substituents is 1. The zero-order chi connectivity index (χ0) is 15.5. The van der Waals surface area contributed by atoms with E-state index in [9.17, 15) is 15.2 Å². The summed E-state index contributed by atoms with van der Waals surface area (Å²) < 4.78 is 0.684. The summed E-state index contributed by atoms with van der Waals surface area (Å²) in [5, 5.41) is 19.5. The highest BCUT2D eigenvalue weighted by Crippen LogP contribution is 2.35. The molecular weight excluding hydrogens is 320 g/mol. The number of rotatable bonds is 5. The number of nitrogens with two attached hydrogens (primary N) is 1. The van der Waals surface area contributed by atoms with Crippen molar-refractivity contribution in [2.75, 3.05) is 0 Å². The molecule has 0 atom stereocenters. The number of phenols is 1. The maximum Gasteiger partial charge on any atom is 0.223 e. The number of benzene rings is 1. The van der Waals surface area contributed by atoms with Crippen LogP contribution in [-0.4, -0.2) is 11.0 Å². The number of hydrogen-bond acceptors (Lipinski definition) is 3. The number of primary amides is 1. The number of carbonyl (C=O) groups is 1. The molecule has 0 heterocycles. The first-order chi connectivity index (χ1) is 9.24. The number of carbonyl (C=O) groups excluding carboxylic acids is 1. The number of amides is 1.